The minimum absolute atomic E-state index is 0.0578. The van der Waals surface area contributed by atoms with Gasteiger partial charge in [0.05, 0.1) is 6.04 Å². The van der Waals surface area contributed by atoms with Crippen molar-refractivity contribution in [2.75, 3.05) is 7.05 Å². The van der Waals surface area contributed by atoms with Gasteiger partial charge in [-0.3, -0.25) is 4.90 Å². The quantitative estimate of drug-likeness (QED) is 0.897. The maximum absolute atomic E-state index is 6.23. The topological polar surface area (TPSA) is 29.3 Å². The maximum Gasteiger partial charge on any atom is 0.0508 e. The van der Waals surface area contributed by atoms with E-state index in [-0.39, 0.29) is 12.1 Å². The second-order valence-corrected chi connectivity index (χ2v) is 6.08. The second kappa shape index (κ2) is 7.02. The van der Waals surface area contributed by atoms with Crippen LogP contribution in [-0.2, 0) is 6.54 Å². The zero-order valence-corrected chi connectivity index (χ0v) is 13.5. The summed E-state index contributed by atoms with van der Waals surface area (Å²) in [6.45, 7) is 2.94. The summed E-state index contributed by atoms with van der Waals surface area (Å²) in [4.78, 5) is 2.31. The van der Waals surface area contributed by atoms with Gasteiger partial charge in [0, 0.05) is 17.1 Å². The van der Waals surface area contributed by atoms with E-state index < -0.39 is 0 Å². The van der Waals surface area contributed by atoms with Crippen molar-refractivity contribution < 1.29 is 0 Å². The molecule has 0 bridgehead atoms. The maximum atomic E-state index is 6.23. The van der Waals surface area contributed by atoms with Crippen LogP contribution in [-0.4, -0.2) is 18.0 Å². The molecule has 2 aromatic carbocycles. The molecule has 0 heterocycles. The third kappa shape index (κ3) is 3.69. The monoisotopic (exact) mass is 332 g/mol. The van der Waals surface area contributed by atoms with Crippen LogP contribution in [0.2, 0.25) is 0 Å². The van der Waals surface area contributed by atoms with E-state index in [1.165, 1.54) is 11.1 Å². The Morgan fingerprint density at radius 1 is 1.05 bits per heavy atom. The largest absolute Gasteiger partial charge is 0.326 e. The van der Waals surface area contributed by atoms with E-state index in [1.54, 1.807) is 0 Å². The average molecular weight is 333 g/mol. The molecule has 2 atom stereocenters. The predicted molar refractivity (Wildman–Crippen MR) is 88.4 cm³/mol. The number of benzene rings is 2. The summed E-state index contributed by atoms with van der Waals surface area (Å²) in [6.07, 6.45) is 0. The molecule has 0 aliphatic rings. The van der Waals surface area contributed by atoms with Gasteiger partial charge in [-0.25, -0.2) is 0 Å². The van der Waals surface area contributed by atoms with Gasteiger partial charge in [-0.15, -0.1) is 0 Å². The Morgan fingerprint density at radius 2 is 1.65 bits per heavy atom. The molecular weight excluding hydrogens is 312 g/mol. The van der Waals surface area contributed by atoms with Gasteiger partial charge in [-0.1, -0.05) is 64.5 Å². The zero-order chi connectivity index (χ0) is 14.5. The standard InChI is InChI=1S/C17H21BrN2/c1-13(19)17(15-10-6-7-11-16(15)18)20(2)12-14-8-4-3-5-9-14/h3-11,13,17H,12,19H2,1-2H3. The summed E-state index contributed by atoms with van der Waals surface area (Å²) in [5.74, 6) is 0. The first-order chi connectivity index (χ1) is 9.59. The minimum Gasteiger partial charge on any atom is -0.326 e. The first-order valence-electron chi connectivity index (χ1n) is 6.83. The molecule has 2 rings (SSSR count). The number of rotatable bonds is 5. The summed E-state index contributed by atoms with van der Waals surface area (Å²) >= 11 is 3.64. The smallest absolute Gasteiger partial charge is 0.0508 e. The first kappa shape index (κ1) is 15.2. The number of nitrogens with two attached hydrogens (primary N) is 1. The molecule has 0 amide bonds. The molecule has 0 spiro atoms. The Labute approximate surface area is 129 Å². The zero-order valence-electron chi connectivity index (χ0n) is 12.0. The first-order valence-corrected chi connectivity index (χ1v) is 7.63. The Balaban J connectivity index is 2.23. The average Bonchev–Trinajstić information content (AvgIpc) is 2.42. The molecule has 2 aromatic rings. The Hall–Kier alpha value is -1.16. The molecule has 0 saturated heterocycles. The number of hydrogen-bond acceptors (Lipinski definition) is 2. The molecule has 0 aromatic heterocycles. The lowest BCUT2D eigenvalue weighted by Gasteiger charge is -2.32. The fraction of sp³-hybridized carbons (Fsp3) is 0.294. The molecule has 0 saturated carbocycles. The van der Waals surface area contributed by atoms with Crippen molar-refractivity contribution >= 4 is 15.9 Å². The van der Waals surface area contributed by atoms with Crippen molar-refractivity contribution in [3.05, 3.63) is 70.2 Å². The van der Waals surface area contributed by atoms with Gasteiger partial charge in [0.25, 0.3) is 0 Å². The highest BCUT2D eigenvalue weighted by Crippen LogP contribution is 2.29. The van der Waals surface area contributed by atoms with Gasteiger partial charge in [0.2, 0.25) is 0 Å². The van der Waals surface area contributed by atoms with E-state index in [4.69, 9.17) is 5.73 Å². The van der Waals surface area contributed by atoms with Crippen LogP contribution in [0.25, 0.3) is 0 Å². The van der Waals surface area contributed by atoms with Gasteiger partial charge >= 0.3 is 0 Å². The normalized spacial score (nSPS) is 14.2. The van der Waals surface area contributed by atoms with E-state index in [0.717, 1.165) is 11.0 Å². The van der Waals surface area contributed by atoms with Gasteiger partial charge in [-0.2, -0.15) is 0 Å². The molecular formula is C17H21BrN2. The molecule has 0 aliphatic heterocycles. The Bertz CT molecular complexity index is 540. The van der Waals surface area contributed by atoms with Crippen LogP contribution in [0.4, 0.5) is 0 Å². The molecule has 106 valence electrons. The summed E-state index contributed by atoms with van der Waals surface area (Å²) in [6, 6.07) is 19.0. The highest BCUT2D eigenvalue weighted by Gasteiger charge is 2.23. The summed E-state index contributed by atoms with van der Waals surface area (Å²) < 4.78 is 1.11. The van der Waals surface area contributed by atoms with Crippen LogP contribution in [0, 0.1) is 0 Å². The molecule has 0 fully saturated rings. The van der Waals surface area contributed by atoms with Crippen molar-refractivity contribution in [1.29, 1.82) is 0 Å². The minimum atomic E-state index is 0.0578. The van der Waals surface area contributed by atoms with Gasteiger partial charge in [0.1, 0.15) is 0 Å². The molecule has 20 heavy (non-hydrogen) atoms. The van der Waals surface area contributed by atoms with E-state index >= 15 is 0 Å². The van der Waals surface area contributed by atoms with Crippen LogP contribution in [0.1, 0.15) is 24.1 Å². The molecule has 0 radical (unpaired) electrons. The Morgan fingerprint density at radius 3 is 2.25 bits per heavy atom. The number of hydrogen-bond donors (Lipinski definition) is 1. The van der Waals surface area contributed by atoms with Crippen LogP contribution in [0.3, 0.4) is 0 Å². The molecule has 3 heteroatoms. The van der Waals surface area contributed by atoms with Crippen molar-refractivity contribution in [3.63, 3.8) is 0 Å². The third-order valence-electron chi connectivity index (χ3n) is 3.47. The number of nitrogens with zero attached hydrogens (tertiary/aromatic N) is 1. The number of halogens is 1. The highest BCUT2D eigenvalue weighted by atomic mass is 79.9. The fourth-order valence-electron chi connectivity index (χ4n) is 2.61. The van der Waals surface area contributed by atoms with Crippen molar-refractivity contribution in [3.8, 4) is 0 Å². The Kier molecular flexibility index (Phi) is 5.35. The van der Waals surface area contributed by atoms with Gasteiger partial charge < -0.3 is 5.73 Å². The molecule has 2 N–H and O–H groups in total. The summed E-state index contributed by atoms with van der Waals surface area (Å²) in [5.41, 5.74) is 8.77. The van der Waals surface area contributed by atoms with E-state index in [9.17, 15) is 0 Å². The number of likely N-dealkylation sites (N-methyl/N-ethyl adjacent to an activating group) is 1. The highest BCUT2D eigenvalue weighted by molar-refractivity contribution is 9.10. The molecule has 0 aliphatic carbocycles. The van der Waals surface area contributed by atoms with Crippen LogP contribution >= 0.6 is 15.9 Å². The second-order valence-electron chi connectivity index (χ2n) is 5.23. The predicted octanol–water partition coefficient (Wildman–Crippen LogP) is 3.97. The van der Waals surface area contributed by atoms with Crippen molar-refractivity contribution in [2.24, 2.45) is 5.73 Å². The van der Waals surface area contributed by atoms with Gasteiger partial charge in [-0.05, 0) is 31.2 Å². The lowest BCUT2D eigenvalue weighted by Crippen LogP contribution is -2.37. The lowest BCUT2D eigenvalue weighted by molar-refractivity contribution is 0.210. The third-order valence-corrected chi connectivity index (χ3v) is 4.19. The van der Waals surface area contributed by atoms with Crippen molar-refractivity contribution in [1.82, 2.24) is 4.90 Å². The molecule has 2 nitrogen and oxygen atoms in total. The summed E-state index contributed by atoms with van der Waals surface area (Å²) in [7, 11) is 2.13. The van der Waals surface area contributed by atoms with E-state index in [0.29, 0.717) is 0 Å². The van der Waals surface area contributed by atoms with Crippen LogP contribution in [0.15, 0.2) is 59.1 Å². The SMILES string of the molecule is CC(N)C(c1ccccc1Br)N(C)Cc1ccccc1. The summed E-state index contributed by atoms with van der Waals surface area (Å²) in [5, 5.41) is 0. The lowest BCUT2D eigenvalue weighted by atomic mass is 9.99. The van der Waals surface area contributed by atoms with Gasteiger partial charge in [0.15, 0.2) is 0 Å². The van der Waals surface area contributed by atoms with E-state index in [2.05, 4.69) is 77.3 Å². The fourth-order valence-corrected chi connectivity index (χ4v) is 3.13. The van der Waals surface area contributed by atoms with E-state index in [1.807, 2.05) is 12.1 Å². The van der Waals surface area contributed by atoms with Crippen LogP contribution in [0.5, 0.6) is 0 Å². The van der Waals surface area contributed by atoms with Crippen molar-refractivity contribution in [2.45, 2.75) is 25.6 Å². The van der Waals surface area contributed by atoms with Crippen LogP contribution < -0.4 is 5.73 Å². The molecule has 2 unspecified atom stereocenters.